The molecule has 1 amide bonds. The quantitative estimate of drug-likeness (QED) is 0.472. The molecule has 0 aromatic heterocycles. The fourth-order valence-corrected chi connectivity index (χ4v) is 1.21. The van der Waals surface area contributed by atoms with E-state index in [1.165, 1.54) is 6.92 Å². The summed E-state index contributed by atoms with van der Waals surface area (Å²) in [7, 11) is 0. The topological polar surface area (TPSA) is 55.4 Å². The molecule has 0 radical (unpaired) electrons. The number of hydrogen-bond acceptors (Lipinski definition) is 3. The molecule has 1 aliphatic rings. The number of carbonyl (C=O) groups is 2. The van der Waals surface area contributed by atoms with Gasteiger partial charge < -0.3 is 10.1 Å². The lowest BCUT2D eigenvalue weighted by Gasteiger charge is -2.38. The first-order valence-electron chi connectivity index (χ1n) is 4.00. The van der Waals surface area contributed by atoms with Gasteiger partial charge in [-0.1, -0.05) is 13.8 Å². The highest BCUT2D eigenvalue weighted by atomic mass is 16.6. The van der Waals surface area contributed by atoms with Gasteiger partial charge in [-0.15, -0.1) is 0 Å². The van der Waals surface area contributed by atoms with Crippen molar-refractivity contribution in [3.05, 3.63) is 0 Å². The van der Waals surface area contributed by atoms with Crippen molar-refractivity contribution in [2.45, 2.75) is 32.9 Å². The molecular weight excluding hydrogens is 158 g/mol. The number of ether oxygens (including phenoxy) is 1. The second-order valence-corrected chi connectivity index (χ2v) is 3.31. The molecule has 0 bridgehead atoms. The minimum Gasteiger partial charge on any atom is -0.450 e. The van der Waals surface area contributed by atoms with E-state index in [1.807, 2.05) is 13.8 Å². The van der Waals surface area contributed by atoms with Gasteiger partial charge in [-0.25, -0.2) is 0 Å². The molecular formula is C8H13NO3. The molecule has 0 saturated carbocycles. The largest absolute Gasteiger partial charge is 0.450 e. The van der Waals surface area contributed by atoms with Gasteiger partial charge in [0.15, 0.2) is 6.10 Å². The number of β-lactam (4-membered cyclic amide) rings is 1. The first kappa shape index (κ1) is 9.03. The van der Waals surface area contributed by atoms with E-state index >= 15 is 0 Å². The molecule has 0 spiro atoms. The van der Waals surface area contributed by atoms with Gasteiger partial charge in [0.1, 0.15) is 0 Å². The molecule has 0 aromatic rings. The third-order valence-electron chi connectivity index (χ3n) is 1.90. The summed E-state index contributed by atoms with van der Waals surface area (Å²) in [6, 6.07) is -0.0126. The Morgan fingerprint density at radius 2 is 2.17 bits per heavy atom. The van der Waals surface area contributed by atoms with Crippen LogP contribution in [0.3, 0.4) is 0 Å². The van der Waals surface area contributed by atoms with Gasteiger partial charge in [-0.05, 0) is 5.92 Å². The number of rotatable bonds is 2. The van der Waals surface area contributed by atoms with E-state index < -0.39 is 12.1 Å². The minimum absolute atomic E-state index is 0.0126. The van der Waals surface area contributed by atoms with E-state index in [0.29, 0.717) is 5.92 Å². The molecule has 1 heterocycles. The highest BCUT2D eigenvalue weighted by molar-refractivity contribution is 5.90. The van der Waals surface area contributed by atoms with E-state index in [1.54, 1.807) is 0 Å². The smallest absolute Gasteiger partial charge is 0.303 e. The fourth-order valence-electron chi connectivity index (χ4n) is 1.21. The zero-order chi connectivity index (χ0) is 9.30. The number of nitrogens with one attached hydrogen (secondary N) is 1. The first-order chi connectivity index (χ1) is 5.52. The zero-order valence-corrected chi connectivity index (χ0v) is 7.46. The summed E-state index contributed by atoms with van der Waals surface area (Å²) in [5.74, 6) is -0.295. The van der Waals surface area contributed by atoms with Gasteiger partial charge in [0.25, 0.3) is 5.91 Å². The zero-order valence-electron chi connectivity index (χ0n) is 7.46. The Morgan fingerprint density at radius 3 is 2.50 bits per heavy atom. The van der Waals surface area contributed by atoms with Crippen molar-refractivity contribution in [1.82, 2.24) is 5.32 Å². The van der Waals surface area contributed by atoms with Gasteiger partial charge in [-0.2, -0.15) is 0 Å². The highest BCUT2D eigenvalue weighted by Crippen LogP contribution is 2.18. The minimum atomic E-state index is -0.567. The van der Waals surface area contributed by atoms with Crippen LogP contribution in [0.15, 0.2) is 0 Å². The van der Waals surface area contributed by atoms with Crippen LogP contribution >= 0.6 is 0 Å². The SMILES string of the molecule is CC(=O)O[C@@H]1C(=O)N[C@@H]1C(C)C. The molecule has 1 rings (SSSR count). The Hall–Kier alpha value is -1.06. The maximum Gasteiger partial charge on any atom is 0.303 e. The van der Waals surface area contributed by atoms with Gasteiger partial charge in [0, 0.05) is 6.92 Å². The van der Waals surface area contributed by atoms with Crippen molar-refractivity contribution in [1.29, 1.82) is 0 Å². The number of amides is 1. The summed E-state index contributed by atoms with van der Waals surface area (Å²) in [4.78, 5) is 21.5. The predicted molar refractivity (Wildman–Crippen MR) is 42.3 cm³/mol. The van der Waals surface area contributed by atoms with Crippen molar-refractivity contribution >= 4 is 11.9 Å². The average molecular weight is 171 g/mol. The van der Waals surface area contributed by atoms with Crippen LogP contribution in [0.5, 0.6) is 0 Å². The predicted octanol–water partition coefficient (Wildman–Crippen LogP) is 0.0725. The molecule has 68 valence electrons. The molecule has 4 nitrogen and oxygen atoms in total. The Morgan fingerprint density at radius 1 is 1.58 bits per heavy atom. The van der Waals surface area contributed by atoms with E-state index in [0.717, 1.165) is 0 Å². The van der Waals surface area contributed by atoms with Gasteiger partial charge >= 0.3 is 5.97 Å². The molecule has 0 unspecified atom stereocenters. The Bertz CT molecular complexity index is 212. The Kier molecular flexibility index (Phi) is 2.35. The van der Waals surface area contributed by atoms with Crippen molar-refractivity contribution in [2.24, 2.45) is 5.92 Å². The molecule has 0 aliphatic carbocycles. The van der Waals surface area contributed by atoms with Crippen molar-refractivity contribution < 1.29 is 14.3 Å². The maximum absolute atomic E-state index is 10.9. The standard InChI is InChI=1S/C8H13NO3/c1-4(2)6-7(8(11)9-6)12-5(3)10/h4,6-7H,1-3H3,(H,9,11)/t6-,7+/m1/s1. The first-order valence-corrected chi connectivity index (χ1v) is 4.00. The lowest BCUT2D eigenvalue weighted by atomic mass is 9.91. The maximum atomic E-state index is 10.9. The van der Waals surface area contributed by atoms with Gasteiger partial charge in [0.05, 0.1) is 6.04 Å². The monoisotopic (exact) mass is 171 g/mol. The summed E-state index contributed by atoms with van der Waals surface area (Å²) in [5.41, 5.74) is 0. The second kappa shape index (κ2) is 3.13. The lowest BCUT2D eigenvalue weighted by Crippen LogP contribution is -2.65. The van der Waals surface area contributed by atoms with E-state index in [2.05, 4.69) is 5.32 Å². The summed E-state index contributed by atoms with van der Waals surface area (Å²) >= 11 is 0. The number of carbonyl (C=O) groups excluding carboxylic acids is 2. The molecule has 1 N–H and O–H groups in total. The number of hydrogen-bond donors (Lipinski definition) is 1. The molecule has 2 atom stereocenters. The summed E-state index contributed by atoms with van der Waals surface area (Å²) in [6.45, 7) is 5.25. The normalized spacial score (nSPS) is 27.8. The lowest BCUT2D eigenvalue weighted by molar-refractivity contribution is -0.165. The van der Waals surface area contributed by atoms with Crippen LogP contribution in [0, 0.1) is 5.92 Å². The fraction of sp³-hybridized carbons (Fsp3) is 0.750. The van der Waals surface area contributed by atoms with Gasteiger partial charge in [-0.3, -0.25) is 9.59 Å². The van der Waals surface area contributed by atoms with Crippen LogP contribution in [0.2, 0.25) is 0 Å². The molecule has 1 saturated heterocycles. The molecule has 1 aliphatic heterocycles. The van der Waals surface area contributed by atoms with Crippen LogP contribution < -0.4 is 5.32 Å². The second-order valence-electron chi connectivity index (χ2n) is 3.31. The third-order valence-corrected chi connectivity index (χ3v) is 1.90. The third kappa shape index (κ3) is 1.57. The van der Waals surface area contributed by atoms with E-state index in [4.69, 9.17) is 4.74 Å². The van der Waals surface area contributed by atoms with E-state index in [9.17, 15) is 9.59 Å². The summed E-state index contributed by atoms with van der Waals surface area (Å²) in [6.07, 6.45) is -0.567. The summed E-state index contributed by atoms with van der Waals surface area (Å²) < 4.78 is 4.82. The molecule has 4 heteroatoms. The van der Waals surface area contributed by atoms with Crippen LogP contribution in [-0.2, 0) is 14.3 Å². The van der Waals surface area contributed by atoms with Crippen molar-refractivity contribution in [2.75, 3.05) is 0 Å². The van der Waals surface area contributed by atoms with Crippen LogP contribution in [0.25, 0.3) is 0 Å². The average Bonchev–Trinajstić information content (AvgIpc) is 1.95. The molecule has 0 aromatic carbocycles. The summed E-state index contributed by atoms with van der Waals surface area (Å²) in [5, 5.41) is 2.68. The number of esters is 1. The van der Waals surface area contributed by atoms with E-state index in [-0.39, 0.29) is 11.9 Å². The highest BCUT2D eigenvalue weighted by Gasteiger charge is 2.43. The van der Waals surface area contributed by atoms with Crippen LogP contribution in [-0.4, -0.2) is 24.0 Å². The van der Waals surface area contributed by atoms with Crippen LogP contribution in [0.1, 0.15) is 20.8 Å². The Balaban J connectivity index is 2.50. The molecule has 1 fully saturated rings. The Labute approximate surface area is 71.3 Å². The van der Waals surface area contributed by atoms with Gasteiger partial charge in [0.2, 0.25) is 0 Å². The van der Waals surface area contributed by atoms with Crippen LogP contribution in [0.4, 0.5) is 0 Å². The van der Waals surface area contributed by atoms with Crippen molar-refractivity contribution in [3.63, 3.8) is 0 Å². The van der Waals surface area contributed by atoms with Crippen molar-refractivity contribution in [3.8, 4) is 0 Å². The molecule has 12 heavy (non-hydrogen) atoms.